The molecule has 8 saturated carbocycles. The van der Waals surface area contributed by atoms with E-state index in [9.17, 15) is 120 Å². The van der Waals surface area contributed by atoms with Crippen molar-refractivity contribution in [1.82, 2.24) is 0 Å². The van der Waals surface area contributed by atoms with Gasteiger partial charge in [-0.25, -0.2) is 0 Å². The van der Waals surface area contributed by atoms with E-state index >= 15 is 0 Å². The van der Waals surface area contributed by atoms with Gasteiger partial charge in [-0.2, -0.15) is 0 Å². The van der Waals surface area contributed by atoms with E-state index in [0.717, 1.165) is 49.7 Å². The van der Waals surface area contributed by atoms with E-state index in [0.29, 0.717) is 77.0 Å². The fourth-order valence-electron chi connectivity index (χ4n) is 26.7. The Bertz CT molecular complexity index is 3730. The van der Waals surface area contributed by atoms with Crippen molar-refractivity contribution in [3.63, 3.8) is 0 Å². The first-order chi connectivity index (χ1) is 53.5. The van der Waals surface area contributed by atoms with Gasteiger partial charge >= 0.3 is 69.2 Å². The number of aliphatic hydroxyl groups is 10. The van der Waals surface area contributed by atoms with E-state index in [2.05, 4.69) is 55.4 Å². The summed E-state index contributed by atoms with van der Waals surface area (Å²) < 4.78 is 46.2. The number of hydrogen-bond acceptors (Lipinski definition) is 32. The van der Waals surface area contributed by atoms with E-state index in [1.165, 1.54) is 0 Å². The number of carbonyl (C=O) groups excluding carboxylic acids is 8. The Hall–Kier alpha value is -2.78. The molecule has 0 aromatic rings. The number of hydrogen-bond donors (Lipinski definition) is 10. The summed E-state index contributed by atoms with van der Waals surface area (Å²) in [4.78, 5) is 102. The normalized spacial score (nSPS) is 51.2. The van der Waals surface area contributed by atoms with Gasteiger partial charge in [-0.15, -0.1) is 0 Å². The third-order valence-electron chi connectivity index (χ3n) is 34.4. The molecule has 652 valence electrons. The summed E-state index contributed by atoms with van der Waals surface area (Å²) in [6.07, 6.45) is -26.8. The molecule has 4 aliphatic heterocycles. The van der Waals surface area contributed by atoms with Crippen LogP contribution in [0.25, 0.3) is 0 Å². The Balaban J connectivity index is 0.000000244. The van der Waals surface area contributed by atoms with Gasteiger partial charge in [-0.05, 0) is 206 Å². The zero-order chi connectivity index (χ0) is 85.7. The number of rotatable bonds is 14. The summed E-state index contributed by atoms with van der Waals surface area (Å²) in [5.74, 6) is -10.7. The molecule has 14 aliphatic rings. The van der Waals surface area contributed by atoms with Crippen LogP contribution in [0.2, 0.25) is 0 Å². The average molecular weight is 1710 g/mol. The van der Waals surface area contributed by atoms with Crippen LogP contribution in [0.4, 0.5) is 0 Å². The fraction of sp³-hybridized carbons (Fsp3) is 0.857. The van der Waals surface area contributed by atoms with Crippen LogP contribution in [0.3, 0.4) is 0 Å². The van der Waals surface area contributed by atoms with E-state index in [1.54, 1.807) is 13.8 Å². The van der Waals surface area contributed by atoms with E-state index < -0.39 is 214 Å². The maximum absolute atomic E-state index is 14.8. The van der Waals surface area contributed by atoms with Gasteiger partial charge in [0.25, 0.3) is 0 Å². The van der Waals surface area contributed by atoms with Gasteiger partial charge in [-0.1, -0.05) is 108 Å². The molecule has 0 bridgehead atoms. The van der Waals surface area contributed by atoms with Crippen molar-refractivity contribution < 1.29 is 158 Å². The van der Waals surface area contributed by atoms with Gasteiger partial charge in [-0.3, -0.25) is 9.59 Å². The van der Waals surface area contributed by atoms with Crippen LogP contribution in [0.5, 0.6) is 0 Å². The van der Waals surface area contributed by atoms with Crippen LogP contribution in [0.1, 0.15) is 213 Å². The summed E-state index contributed by atoms with van der Waals surface area (Å²) in [7, 11) is 0. The molecule has 4 heterocycles. The smallest absolute Gasteiger partial charge is 0.550 e. The SMILES string of the molecule is CC1(C)[C@@H](O[C@H]2O[C@H](C(=O)[O-])[C@@H](O)[C@H](O)[C@H]2O[C@@H]2O[C@H](C(=O)[O-])[C@@H](O)[C@H](O)[C@H]2O)CC[C@]2(C)[C@H]3C(=O)C=C4[C@@H]5C[C@@](C)(C(=O)[O-])CC[C@]5(C)CC[C@@]4(C)[C@]3(C)CC[C@@H]12.CC1(C)[C@@H](O[C@H]2O[C@H](C(=O)[O-])[C@@H](O)[C@H](O)[C@H]2O[C@@H]2O[C@H](C(=O)[O-])[C@@H](O)[C@H](O)[C@H]2O)CC[C@]2(C)[C@H]3C(=O)C=C4[C@@H]5C[C@@](C)(C(=O)[O-])CC[C@]5(C)CC[C@@]4(C)[C@]3(C)CC[C@@H]12.[Mg+2].[Mg+2].[Mg+2]. The van der Waals surface area contributed by atoms with Gasteiger partial charge in [0.05, 0.1) is 36.1 Å². The Labute approximate surface area is 740 Å². The van der Waals surface area contributed by atoms with Crippen molar-refractivity contribution >= 4 is 117 Å². The van der Waals surface area contributed by atoms with Gasteiger partial charge in [0, 0.05) is 34.6 Å². The van der Waals surface area contributed by atoms with Crippen molar-refractivity contribution in [3.8, 4) is 0 Å². The van der Waals surface area contributed by atoms with E-state index in [4.69, 9.17) is 37.9 Å². The van der Waals surface area contributed by atoms with Crippen molar-refractivity contribution in [2.45, 2.75) is 348 Å². The standard InChI is InChI=1S/2C42H62O16.3Mg/c2*1-37(2)21-8-11-42(7)31(20(43)16-18-19-17-39(4,36(53)54)13-12-38(19,3)14-15-41(18,42)6)40(21,5)10-9-22(37)55-35-30(26(47)25(46)29(57-35)33(51)52)58-34-27(48)23(44)24(45)28(56-34)32(49)50;;;/h2*16,19,21-31,34-35,44-48H,8-15,17H2,1-7H3,(H,49,50)(H,51,52)(H,53,54);;;/q;;3*+2/p-6/t2*19-,21-,22-,23-,24-,25-,26-,27+,28-,29-,30+,31+,34-,35-,38+,39-,40-,41+,42+;;;/m00.../s1. The molecule has 10 N–H and O–H groups in total. The minimum absolute atomic E-state index is 0. The maximum atomic E-state index is 14.8. The predicted octanol–water partition coefficient (Wildman–Crippen LogP) is -4.66. The number of aliphatic hydroxyl groups excluding tert-OH is 10. The molecule has 0 aromatic heterocycles. The number of fused-ring (bicyclic) bond motifs is 14. The molecular weight excluding hydrogens is 1590 g/mol. The van der Waals surface area contributed by atoms with Gasteiger partial charge < -0.3 is 148 Å². The van der Waals surface area contributed by atoms with Crippen LogP contribution < -0.4 is 30.6 Å². The van der Waals surface area contributed by atoms with Crippen molar-refractivity contribution in [2.75, 3.05) is 0 Å². The summed E-state index contributed by atoms with van der Waals surface area (Å²) in [5, 5.41) is 178. The van der Waals surface area contributed by atoms with Gasteiger partial charge in [0.1, 0.15) is 97.7 Å². The molecule has 119 heavy (non-hydrogen) atoms. The van der Waals surface area contributed by atoms with E-state index in [1.807, 2.05) is 39.8 Å². The molecular formula is C84H118Mg3O32. The fourth-order valence-corrected chi connectivity index (χ4v) is 26.7. The first kappa shape index (κ1) is 98.4. The second-order valence-electron chi connectivity index (χ2n) is 41.1. The molecule has 0 radical (unpaired) electrons. The molecule has 4 saturated heterocycles. The molecule has 0 spiro atoms. The number of allylic oxidation sites excluding steroid dienone is 4. The second-order valence-corrected chi connectivity index (χ2v) is 41.1. The largest absolute Gasteiger partial charge is 2.00 e. The molecule has 0 unspecified atom stereocenters. The number of carboxylic acid groups (broad SMARTS) is 6. The van der Waals surface area contributed by atoms with Crippen LogP contribution in [-0.2, 0) is 76.3 Å². The molecule has 35 heteroatoms. The molecule has 10 aliphatic carbocycles. The van der Waals surface area contributed by atoms with Crippen molar-refractivity contribution in [2.24, 2.45) is 100 Å². The van der Waals surface area contributed by atoms with Gasteiger partial charge in [0.2, 0.25) is 0 Å². The number of carboxylic acids is 6. The van der Waals surface area contributed by atoms with Crippen LogP contribution in [0, 0.1) is 100 Å². The Morgan fingerprint density at radius 2 is 0.639 bits per heavy atom. The first-order valence-corrected chi connectivity index (χ1v) is 41.4. The quantitative estimate of drug-likeness (QED) is 0.0577. The third kappa shape index (κ3) is 15.4. The minimum Gasteiger partial charge on any atom is -0.550 e. The van der Waals surface area contributed by atoms with Crippen LogP contribution in [0.15, 0.2) is 23.3 Å². The Morgan fingerprint density at radius 1 is 0.353 bits per heavy atom. The maximum Gasteiger partial charge on any atom is 2.00 e. The Kier molecular flexibility index (Phi) is 27.9. The van der Waals surface area contributed by atoms with Crippen LogP contribution in [-0.4, -0.2) is 303 Å². The molecule has 32 nitrogen and oxygen atoms in total. The molecule has 0 aromatic carbocycles. The van der Waals surface area contributed by atoms with Crippen molar-refractivity contribution in [3.05, 3.63) is 23.3 Å². The zero-order valence-corrected chi connectivity index (χ0v) is 74.9. The topological polar surface area (TPSA) is 551 Å². The predicted molar refractivity (Wildman–Crippen MR) is 400 cm³/mol. The minimum atomic E-state index is -2.16. The average Bonchev–Trinajstić information content (AvgIpc) is 0.675. The Morgan fingerprint density at radius 3 is 0.933 bits per heavy atom. The summed E-state index contributed by atoms with van der Waals surface area (Å²) in [5.41, 5.74) is -4.22. The third-order valence-corrected chi connectivity index (χ3v) is 34.4. The van der Waals surface area contributed by atoms with Crippen LogP contribution >= 0.6 is 0 Å². The summed E-state index contributed by atoms with van der Waals surface area (Å²) in [6.45, 7) is 29.3. The molecule has 0 amide bonds. The zero-order valence-electron chi connectivity index (χ0n) is 70.6. The number of ether oxygens (including phenoxy) is 8. The number of aliphatic carboxylic acids is 6. The molecule has 14 rings (SSSR count). The number of ketones is 2. The summed E-state index contributed by atoms with van der Waals surface area (Å²) in [6, 6.07) is 0. The monoisotopic (exact) mass is 1710 g/mol. The molecule has 38 atom stereocenters. The van der Waals surface area contributed by atoms with E-state index in [-0.39, 0.29) is 138 Å². The van der Waals surface area contributed by atoms with Crippen molar-refractivity contribution in [1.29, 1.82) is 0 Å². The second kappa shape index (κ2) is 33.7. The summed E-state index contributed by atoms with van der Waals surface area (Å²) >= 11 is 0. The molecule has 12 fully saturated rings. The first-order valence-electron chi connectivity index (χ1n) is 41.4. The van der Waals surface area contributed by atoms with Gasteiger partial charge in [0.15, 0.2) is 36.7 Å². The number of carbonyl (C=O) groups is 8.